The highest BCUT2D eigenvalue weighted by Gasteiger charge is 2.21. The van der Waals surface area contributed by atoms with Crippen molar-refractivity contribution in [3.63, 3.8) is 0 Å². The number of hydrogen-bond donors (Lipinski definition) is 6. The van der Waals surface area contributed by atoms with Crippen molar-refractivity contribution in [2.45, 2.75) is 252 Å². The fourth-order valence-electron chi connectivity index (χ4n) is 9.51. The summed E-state index contributed by atoms with van der Waals surface area (Å²) in [4.78, 5) is 18.0. The lowest BCUT2D eigenvalue weighted by Gasteiger charge is -2.35. The van der Waals surface area contributed by atoms with E-state index in [2.05, 4.69) is 58.8 Å². The van der Waals surface area contributed by atoms with Crippen LogP contribution in [0, 0.1) is 11.8 Å². The molecule has 0 heterocycles. The molecule has 3 atom stereocenters. The van der Waals surface area contributed by atoms with Crippen molar-refractivity contribution >= 4 is 6.03 Å². The monoisotopic (exact) mass is 865 g/mol. The first kappa shape index (κ1) is 58.0. The summed E-state index contributed by atoms with van der Waals surface area (Å²) in [6.07, 6.45) is 41.4. The zero-order valence-corrected chi connectivity index (χ0v) is 41.4. The lowest BCUT2D eigenvalue weighted by Crippen LogP contribution is -2.45. The van der Waals surface area contributed by atoms with Crippen LogP contribution < -0.4 is 21.3 Å². The van der Waals surface area contributed by atoms with Gasteiger partial charge in [0.25, 0.3) is 0 Å². The smallest absolute Gasteiger partial charge is 0.314 e. The highest BCUT2D eigenvalue weighted by Crippen LogP contribution is 2.23. The molecule has 0 aromatic heterocycles. The number of urea groups is 1. The first-order chi connectivity index (χ1) is 30.0. The third-order valence-electron chi connectivity index (χ3n) is 13.6. The number of nitrogens with one attached hydrogen (secondary N) is 4. The maximum absolute atomic E-state index is 12.8. The molecule has 0 radical (unpaired) electrons. The number of unbranched alkanes of at least 4 members (excludes halogenated alkanes) is 18. The van der Waals surface area contributed by atoms with Gasteiger partial charge in [-0.25, -0.2) is 4.79 Å². The van der Waals surface area contributed by atoms with E-state index in [1.807, 2.05) is 0 Å². The molecule has 1 aliphatic carbocycles. The van der Waals surface area contributed by atoms with Crippen molar-refractivity contribution in [2.75, 3.05) is 65.5 Å². The van der Waals surface area contributed by atoms with Gasteiger partial charge in [-0.05, 0) is 95.7 Å². The third-order valence-corrected chi connectivity index (χ3v) is 13.6. The van der Waals surface area contributed by atoms with Crippen LogP contribution in [-0.4, -0.2) is 104 Å². The highest BCUT2D eigenvalue weighted by atomic mass is 16.3. The van der Waals surface area contributed by atoms with Crippen LogP contribution in [0.5, 0.6) is 0 Å². The predicted molar refractivity (Wildman–Crippen MR) is 264 cm³/mol. The van der Waals surface area contributed by atoms with Gasteiger partial charge < -0.3 is 25.7 Å². The molecular formula is C52H108N6O3. The Morgan fingerprint density at radius 2 is 0.984 bits per heavy atom. The zero-order chi connectivity index (χ0) is 44.3. The maximum Gasteiger partial charge on any atom is 0.314 e. The second kappa shape index (κ2) is 44.2. The minimum Gasteiger partial charge on any atom is -0.395 e. The molecule has 1 fully saturated rings. The van der Waals surface area contributed by atoms with Crippen molar-refractivity contribution < 1.29 is 15.0 Å². The van der Waals surface area contributed by atoms with Gasteiger partial charge in [0, 0.05) is 45.3 Å². The second-order valence-corrected chi connectivity index (χ2v) is 19.3. The molecule has 3 unspecified atom stereocenters. The van der Waals surface area contributed by atoms with E-state index in [4.69, 9.17) is 0 Å². The molecule has 0 spiro atoms. The summed E-state index contributed by atoms with van der Waals surface area (Å²) in [5.41, 5.74) is 0. The average Bonchev–Trinajstić information content (AvgIpc) is 3.27. The van der Waals surface area contributed by atoms with Crippen molar-refractivity contribution in [3.8, 4) is 0 Å². The molecule has 9 heteroatoms. The largest absolute Gasteiger partial charge is 0.395 e. The van der Waals surface area contributed by atoms with Crippen molar-refractivity contribution in [1.29, 1.82) is 0 Å². The number of aliphatic hydroxyl groups excluding tert-OH is 2. The van der Waals surface area contributed by atoms with Crippen LogP contribution in [0.1, 0.15) is 240 Å². The Hall–Kier alpha value is -0.970. The number of nitrogens with zero attached hydrogens (tertiary/aromatic N) is 2. The van der Waals surface area contributed by atoms with Crippen LogP contribution in [-0.2, 0) is 0 Å². The molecule has 0 aromatic carbocycles. The fraction of sp³-hybridized carbons (Fsp3) is 0.981. The number of carbonyl (C=O) groups excluding carboxylic acids is 1. The lowest BCUT2D eigenvalue weighted by atomic mass is 9.94. The van der Waals surface area contributed by atoms with Gasteiger partial charge in [-0.2, -0.15) is 0 Å². The zero-order valence-electron chi connectivity index (χ0n) is 41.4. The van der Waals surface area contributed by atoms with Crippen LogP contribution in [0.4, 0.5) is 4.79 Å². The topological polar surface area (TPSA) is 112 Å². The van der Waals surface area contributed by atoms with Gasteiger partial charge in [-0.3, -0.25) is 15.5 Å². The van der Waals surface area contributed by atoms with E-state index in [9.17, 15) is 15.0 Å². The van der Waals surface area contributed by atoms with Crippen LogP contribution in [0.2, 0.25) is 0 Å². The number of carbonyl (C=O) groups is 1. The predicted octanol–water partition coefficient (Wildman–Crippen LogP) is 11.9. The molecule has 6 N–H and O–H groups in total. The van der Waals surface area contributed by atoms with Crippen LogP contribution >= 0.6 is 0 Å². The van der Waals surface area contributed by atoms with E-state index in [0.29, 0.717) is 24.4 Å². The standard InChI is InChI=1S/C52H108N6O3/c1-5-9-13-17-19-24-34-48(32-22-15-11-7-3)46-55-51(60)53-38-28-30-40-57(42-43-58(44-45-59)50-36-26-21-27-37-50)41-31-29-39-54-52(61)56-47-49(33-23-16-12-8-4)35-25-20-18-14-10-6-2/h48-51,53,55,59-60H,5-47H2,1-4H3,(H2,54,56,61). The lowest BCUT2D eigenvalue weighted by molar-refractivity contribution is 0.0934. The number of rotatable bonds is 46. The van der Waals surface area contributed by atoms with Gasteiger partial charge in [-0.15, -0.1) is 0 Å². The Labute approximate surface area is 380 Å². The van der Waals surface area contributed by atoms with Crippen molar-refractivity contribution in [1.82, 2.24) is 31.1 Å². The summed E-state index contributed by atoms with van der Waals surface area (Å²) in [6, 6.07) is 0.599. The molecular weight excluding hydrogens is 757 g/mol. The van der Waals surface area contributed by atoms with E-state index in [1.165, 1.54) is 186 Å². The molecule has 0 aromatic rings. The summed E-state index contributed by atoms with van der Waals surface area (Å²) < 4.78 is 0. The van der Waals surface area contributed by atoms with Gasteiger partial charge in [-0.1, -0.05) is 175 Å². The van der Waals surface area contributed by atoms with Gasteiger partial charge in [0.15, 0.2) is 6.35 Å². The van der Waals surface area contributed by atoms with E-state index < -0.39 is 6.35 Å². The van der Waals surface area contributed by atoms with Crippen LogP contribution in [0.25, 0.3) is 0 Å². The van der Waals surface area contributed by atoms with Gasteiger partial charge in [0.05, 0.1) is 6.61 Å². The quantitative estimate of drug-likeness (QED) is 0.0267. The molecule has 2 amide bonds. The Bertz CT molecular complexity index is 908. The normalized spacial score (nSPS) is 15.1. The second-order valence-electron chi connectivity index (χ2n) is 19.3. The SMILES string of the molecule is CCCCCCCCC(CCCCCC)CNC(=O)NCCCCN(CCCCNC(O)NCC(CCCCCC)CCCCCCCC)CCN(CCO)C1CCCCC1. The molecule has 0 bridgehead atoms. The molecule has 1 rings (SSSR count). The Balaban J connectivity index is 2.54. The summed E-state index contributed by atoms with van der Waals surface area (Å²) >= 11 is 0. The summed E-state index contributed by atoms with van der Waals surface area (Å²) in [6.45, 7) is 17.4. The Morgan fingerprint density at radius 3 is 1.51 bits per heavy atom. The Kier molecular flexibility index (Phi) is 42.1. The fourth-order valence-corrected chi connectivity index (χ4v) is 9.51. The molecule has 0 saturated heterocycles. The summed E-state index contributed by atoms with van der Waals surface area (Å²) in [5.74, 6) is 1.24. The first-order valence-corrected chi connectivity index (χ1v) is 27.2. The summed E-state index contributed by atoms with van der Waals surface area (Å²) in [5, 5.41) is 33.9. The van der Waals surface area contributed by atoms with Crippen molar-refractivity contribution in [2.24, 2.45) is 11.8 Å². The minimum absolute atomic E-state index is 0.00466. The van der Waals surface area contributed by atoms with Crippen LogP contribution in [0.15, 0.2) is 0 Å². The molecule has 1 saturated carbocycles. The van der Waals surface area contributed by atoms with Gasteiger partial charge in [0.2, 0.25) is 0 Å². The third kappa shape index (κ3) is 36.0. The maximum atomic E-state index is 12.8. The number of aliphatic hydroxyl groups is 2. The van der Waals surface area contributed by atoms with Gasteiger partial charge in [0.1, 0.15) is 0 Å². The van der Waals surface area contributed by atoms with E-state index in [0.717, 1.165) is 78.0 Å². The van der Waals surface area contributed by atoms with E-state index >= 15 is 0 Å². The average molecular weight is 865 g/mol. The number of hydrogen-bond acceptors (Lipinski definition) is 7. The molecule has 1 aliphatic rings. The first-order valence-electron chi connectivity index (χ1n) is 27.2. The molecule has 9 nitrogen and oxygen atoms in total. The number of amides is 2. The van der Waals surface area contributed by atoms with Gasteiger partial charge >= 0.3 is 6.03 Å². The van der Waals surface area contributed by atoms with Crippen LogP contribution in [0.3, 0.4) is 0 Å². The van der Waals surface area contributed by atoms with E-state index in [1.54, 1.807) is 0 Å². The molecule has 364 valence electrons. The molecule has 0 aliphatic heterocycles. The minimum atomic E-state index is -0.650. The molecule has 61 heavy (non-hydrogen) atoms. The van der Waals surface area contributed by atoms with Crippen molar-refractivity contribution in [3.05, 3.63) is 0 Å². The highest BCUT2D eigenvalue weighted by molar-refractivity contribution is 5.73. The summed E-state index contributed by atoms with van der Waals surface area (Å²) in [7, 11) is 0. The van der Waals surface area contributed by atoms with E-state index in [-0.39, 0.29) is 12.6 Å². The Morgan fingerprint density at radius 1 is 0.508 bits per heavy atom.